The first-order valence-electron chi connectivity index (χ1n) is 5.91. The van der Waals surface area contributed by atoms with Crippen LogP contribution in [0, 0.1) is 6.92 Å². The molecule has 0 saturated heterocycles. The summed E-state index contributed by atoms with van der Waals surface area (Å²) in [4.78, 5) is 0.308. The van der Waals surface area contributed by atoms with Crippen molar-refractivity contribution in [2.24, 2.45) is 7.05 Å². The third kappa shape index (κ3) is 2.85. The van der Waals surface area contributed by atoms with Gasteiger partial charge in [-0.15, -0.1) is 0 Å². The Kier molecular flexibility index (Phi) is 3.73. The van der Waals surface area contributed by atoms with E-state index in [-0.39, 0.29) is 0 Å². The Balaban J connectivity index is 2.24. The highest BCUT2D eigenvalue weighted by molar-refractivity contribution is 7.89. The van der Waals surface area contributed by atoms with E-state index in [2.05, 4.69) is 5.10 Å². The van der Waals surface area contributed by atoms with Gasteiger partial charge in [0.05, 0.1) is 17.1 Å². The van der Waals surface area contributed by atoms with Gasteiger partial charge in [0, 0.05) is 20.3 Å². The van der Waals surface area contributed by atoms with Crippen LogP contribution in [-0.2, 0) is 23.6 Å². The molecule has 2 rings (SSSR count). The highest BCUT2D eigenvalue weighted by atomic mass is 32.2. The molecule has 0 fully saturated rings. The molecule has 102 valence electrons. The molecule has 2 aromatic rings. The van der Waals surface area contributed by atoms with E-state index < -0.39 is 10.0 Å². The van der Waals surface area contributed by atoms with Crippen molar-refractivity contribution >= 4 is 10.0 Å². The Morgan fingerprint density at radius 3 is 2.37 bits per heavy atom. The average molecular weight is 279 g/mol. The topological polar surface area (TPSA) is 55.2 Å². The summed E-state index contributed by atoms with van der Waals surface area (Å²) in [6, 6.07) is 8.66. The van der Waals surface area contributed by atoms with Crippen molar-refractivity contribution in [2.75, 3.05) is 7.05 Å². The van der Waals surface area contributed by atoms with Gasteiger partial charge in [0.1, 0.15) is 0 Å². The van der Waals surface area contributed by atoms with Crippen molar-refractivity contribution in [3.8, 4) is 0 Å². The second-order valence-corrected chi connectivity index (χ2v) is 6.57. The first kappa shape index (κ1) is 13.8. The molecule has 0 saturated carbocycles. The molecular weight excluding hydrogens is 262 g/mol. The molecule has 0 atom stereocenters. The second kappa shape index (κ2) is 5.14. The number of hydrogen-bond donors (Lipinski definition) is 0. The largest absolute Gasteiger partial charge is 0.271 e. The molecule has 5 nitrogen and oxygen atoms in total. The summed E-state index contributed by atoms with van der Waals surface area (Å²) in [7, 11) is -0.0914. The average Bonchev–Trinajstić information content (AvgIpc) is 2.75. The molecule has 1 aromatic carbocycles. The van der Waals surface area contributed by atoms with Gasteiger partial charge < -0.3 is 0 Å². The van der Waals surface area contributed by atoms with Gasteiger partial charge >= 0.3 is 0 Å². The Labute approximate surface area is 113 Å². The van der Waals surface area contributed by atoms with Gasteiger partial charge in [0.2, 0.25) is 10.0 Å². The zero-order chi connectivity index (χ0) is 14.0. The van der Waals surface area contributed by atoms with Crippen molar-refractivity contribution in [1.82, 2.24) is 14.1 Å². The molecule has 0 spiro atoms. The van der Waals surface area contributed by atoms with Crippen LogP contribution < -0.4 is 0 Å². The van der Waals surface area contributed by atoms with Crippen LogP contribution in [-0.4, -0.2) is 29.6 Å². The molecule has 0 radical (unpaired) electrons. The van der Waals surface area contributed by atoms with Crippen molar-refractivity contribution in [2.45, 2.75) is 18.4 Å². The number of nitrogens with zero attached hydrogens (tertiary/aromatic N) is 3. The zero-order valence-corrected chi connectivity index (χ0v) is 12.1. The lowest BCUT2D eigenvalue weighted by molar-refractivity contribution is 0.453. The molecule has 1 aromatic heterocycles. The van der Waals surface area contributed by atoms with Gasteiger partial charge in [-0.3, -0.25) is 4.68 Å². The van der Waals surface area contributed by atoms with Crippen molar-refractivity contribution in [3.63, 3.8) is 0 Å². The summed E-state index contributed by atoms with van der Waals surface area (Å²) in [6.45, 7) is 2.22. The van der Waals surface area contributed by atoms with Gasteiger partial charge in [0.25, 0.3) is 0 Å². The van der Waals surface area contributed by atoms with E-state index in [1.807, 2.05) is 6.92 Å². The minimum absolute atomic E-state index is 0.298. The maximum atomic E-state index is 12.4. The van der Waals surface area contributed by atoms with Gasteiger partial charge in [-0.05, 0) is 25.1 Å². The van der Waals surface area contributed by atoms with E-state index in [1.165, 1.54) is 4.31 Å². The molecule has 0 N–H and O–H groups in total. The number of benzene rings is 1. The normalized spacial score (nSPS) is 12.0. The van der Waals surface area contributed by atoms with Crippen LogP contribution in [0.15, 0.2) is 41.4 Å². The van der Waals surface area contributed by atoms with E-state index in [4.69, 9.17) is 0 Å². The predicted octanol–water partition coefficient (Wildman–Crippen LogP) is 1.55. The standard InChI is InChI=1S/C13H17N3O2S/c1-11-4-6-13(7-5-11)19(17,18)15(2)10-12-8-9-14-16(12)3/h4-9H,10H2,1-3H3. The molecule has 6 heteroatoms. The van der Waals surface area contributed by atoms with Crippen LogP contribution >= 0.6 is 0 Å². The Morgan fingerprint density at radius 1 is 1.21 bits per heavy atom. The van der Waals surface area contributed by atoms with Crippen molar-refractivity contribution < 1.29 is 8.42 Å². The van der Waals surface area contributed by atoms with E-state index in [9.17, 15) is 8.42 Å². The Morgan fingerprint density at radius 2 is 1.84 bits per heavy atom. The van der Waals surface area contributed by atoms with Gasteiger partial charge in [-0.25, -0.2) is 8.42 Å². The van der Waals surface area contributed by atoms with Gasteiger partial charge in [-0.2, -0.15) is 9.40 Å². The molecular formula is C13H17N3O2S. The molecule has 0 bridgehead atoms. The van der Waals surface area contributed by atoms with E-state index >= 15 is 0 Å². The van der Waals surface area contributed by atoms with Crippen LogP contribution in [0.2, 0.25) is 0 Å². The fourth-order valence-electron chi connectivity index (χ4n) is 1.76. The highest BCUT2D eigenvalue weighted by Crippen LogP contribution is 2.16. The van der Waals surface area contributed by atoms with E-state index in [1.54, 1.807) is 55.3 Å². The Bertz CT molecular complexity index is 659. The summed E-state index contributed by atoms with van der Waals surface area (Å²) in [5.41, 5.74) is 1.88. The van der Waals surface area contributed by atoms with Crippen LogP contribution in [0.3, 0.4) is 0 Å². The zero-order valence-electron chi connectivity index (χ0n) is 11.2. The summed E-state index contributed by atoms with van der Waals surface area (Å²) in [6.07, 6.45) is 1.65. The fourth-order valence-corrected chi connectivity index (χ4v) is 2.90. The number of aryl methyl sites for hydroxylation is 2. The third-order valence-electron chi connectivity index (χ3n) is 3.04. The smallest absolute Gasteiger partial charge is 0.243 e. The molecule has 1 heterocycles. The lowest BCUT2D eigenvalue weighted by Crippen LogP contribution is -2.27. The Hall–Kier alpha value is -1.66. The van der Waals surface area contributed by atoms with Crippen LogP contribution in [0.25, 0.3) is 0 Å². The van der Waals surface area contributed by atoms with E-state index in [0.29, 0.717) is 11.4 Å². The molecule has 0 amide bonds. The van der Waals surface area contributed by atoms with Crippen LogP contribution in [0.4, 0.5) is 0 Å². The van der Waals surface area contributed by atoms with Gasteiger partial charge in [-0.1, -0.05) is 17.7 Å². The highest BCUT2D eigenvalue weighted by Gasteiger charge is 2.21. The van der Waals surface area contributed by atoms with Crippen molar-refractivity contribution in [3.05, 3.63) is 47.8 Å². The monoisotopic (exact) mass is 279 g/mol. The number of aromatic nitrogens is 2. The number of hydrogen-bond acceptors (Lipinski definition) is 3. The van der Waals surface area contributed by atoms with Crippen molar-refractivity contribution in [1.29, 1.82) is 0 Å². The summed E-state index contributed by atoms with van der Waals surface area (Å²) < 4.78 is 27.8. The minimum atomic E-state index is -3.46. The van der Waals surface area contributed by atoms with Gasteiger partial charge in [0.15, 0.2) is 0 Å². The molecule has 19 heavy (non-hydrogen) atoms. The summed E-state index contributed by atoms with van der Waals surface area (Å²) >= 11 is 0. The third-order valence-corrected chi connectivity index (χ3v) is 4.85. The maximum Gasteiger partial charge on any atom is 0.243 e. The minimum Gasteiger partial charge on any atom is -0.271 e. The quantitative estimate of drug-likeness (QED) is 0.853. The lowest BCUT2D eigenvalue weighted by atomic mass is 10.2. The van der Waals surface area contributed by atoms with E-state index in [0.717, 1.165) is 11.3 Å². The molecule has 0 aliphatic heterocycles. The summed E-state index contributed by atoms with van der Waals surface area (Å²) in [5, 5.41) is 4.03. The first-order valence-corrected chi connectivity index (χ1v) is 7.35. The SMILES string of the molecule is Cc1ccc(S(=O)(=O)N(C)Cc2ccnn2C)cc1. The van der Waals surface area contributed by atoms with Crippen LogP contribution in [0.1, 0.15) is 11.3 Å². The number of sulfonamides is 1. The molecule has 0 unspecified atom stereocenters. The molecule has 0 aliphatic rings. The first-order chi connectivity index (χ1) is 8.91. The number of rotatable bonds is 4. The maximum absolute atomic E-state index is 12.4. The predicted molar refractivity (Wildman–Crippen MR) is 73.0 cm³/mol. The fraction of sp³-hybridized carbons (Fsp3) is 0.308. The van der Waals surface area contributed by atoms with Crippen LogP contribution in [0.5, 0.6) is 0 Å². The summed E-state index contributed by atoms with van der Waals surface area (Å²) in [5.74, 6) is 0. The lowest BCUT2D eigenvalue weighted by Gasteiger charge is -2.17. The second-order valence-electron chi connectivity index (χ2n) is 4.52. The molecule has 0 aliphatic carbocycles.